The molecule has 4 heteroatoms. The van der Waals surface area contributed by atoms with Gasteiger partial charge < -0.3 is 10.0 Å². The first-order valence-corrected chi connectivity index (χ1v) is 6.85. The monoisotopic (exact) mass is 309 g/mol. The highest BCUT2D eigenvalue weighted by molar-refractivity contribution is 9.10. The molecule has 1 saturated heterocycles. The SMILES string of the molecule is O=C(/C=C/c1cccc(Br)c1)N1CCC(O)CC1. The van der Waals surface area contributed by atoms with Gasteiger partial charge in [0, 0.05) is 23.6 Å². The van der Waals surface area contributed by atoms with Crippen LogP contribution in [0.3, 0.4) is 0 Å². The van der Waals surface area contributed by atoms with E-state index in [0.717, 1.165) is 10.0 Å². The zero-order chi connectivity index (χ0) is 13.0. The molecule has 0 aliphatic carbocycles. The summed E-state index contributed by atoms with van der Waals surface area (Å²) in [5, 5.41) is 9.39. The van der Waals surface area contributed by atoms with Crippen molar-refractivity contribution < 1.29 is 9.90 Å². The maximum absolute atomic E-state index is 11.9. The van der Waals surface area contributed by atoms with Crippen LogP contribution in [0.2, 0.25) is 0 Å². The van der Waals surface area contributed by atoms with E-state index < -0.39 is 0 Å². The summed E-state index contributed by atoms with van der Waals surface area (Å²) in [6.45, 7) is 1.28. The van der Waals surface area contributed by atoms with Crippen molar-refractivity contribution in [3.05, 3.63) is 40.4 Å². The van der Waals surface area contributed by atoms with E-state index in [4.69, 9.17) is 0 Å². The second-order valence-electron chi connectivity index (χ2n) is 4.44. The number of likely N-dealkylation sites (tertiary alicyclic amines) is 1. The number of hydrogen-bond acceptors (Lipinski definition) is 2. The summed E-state index contributed by atoms with van der Waals surface area (Å²) in [7, 11) is 0. The Kier molecular flexibility index (Phi) is 4.55. The number of aliphatic hydroxyl groups excluding tert-OH is 1. The number of hydrogen-bond donors (Lipinski definition) is 1. The van der Waals surface area contributed by atoms with Gasteiger partial charge in [-0.3, -0.25) is 4.79 Å². The van der Waals surface area contributed by atoms with E-state index in [1.165, 1.54) is 0 Å². The van der Waals surface area contributed by atoms with Gasteiger partial charge in [0.05, 0.1) is 6.10 Å². The number of carbonyl (C=O) groups is 1. The van der Waals surface area contributed by atoms with Gasteiger partial charge >= 0.3 is 0 Å². The summed E-state index contributed by atoms with van der Waals surface area (Å²) in [6.07, 6.45) is 4.52. The molecule has 1 fully saturated rings. The van der Waals surface area contributed by atoms with Crippen molar-refractivity contribution in [1.82, 2.24) is 4.90 Å². The first-order chi connectivity index (χ1) is 8.65. The number of halogens is 1. The fraction of sp³-hybridized carbons (Fsp3) is 0.357. The van der Waals surface area contributed by atoms with Crippen LogP contribution >= 0.6 is 15.9 Å². The lowest BCUT2D eigenvalue weighted by molar-refractivity contribution is -0.127. The Bertz CT molecular complexity index is 451. The van der Waals surface area contributed by atoms with Crippen molar-refractivity contribution >= 4 is 27.9 Å². The molecule has 0 aromatic heterocycles. The predicted octanol–water partition coefficient (Wildman–Crippen LogP) is 2.45. The standard InChI is InChI=1S/C14H16BrNO2/c15-12-3-1-2-11(10-12)4-5-14(18)16-8-6-13(17)7-9-16/h1-5,10,13,17H,6-9H2/b5-4+. The minimum Gasteiger partial charge on any atom is -0.393 e. The summed E-state index contributed by atoms with van der Waals surface area (Å²) >= 11 is 3.40. The maximum Gasteiger partial charge on any atom is 0.246 e. The fourth-order valence-corrected chi connectivity index (χ4v) is 2.39. The zero-order valence-electron chi connectivity index (χ0n) is 10.1. The van der Waals surface area contributed by atoms with E-state index >= 15 is 0 Å². The highest BCUT2D eigenvalue weighted by atomic mass is 79.9. The summed E-state index contributed by atoms with van der Waals surface area (Å²) < 4.78 is 0.998. The average Bonchev–Trinajstić information content (AvgIpc) is 2.37. The van der Waals surface area contributed by atoms with Crippen molar-refractivity contribution in [3.63, 3.8) is 0 Å². The van der Waals surface area contributed by atoms with Crippen molar-refractivity contribution in [2.75, 3.05) is 13.1 Å². The van der Waals surface area contributed by atoms with Crippen molar-refractivity contribution in [1.29, 1.82) is 0 Å². The number of amides is 1. The van der Waals surface area contributed by atoms with E-state index in [-0.39, 0.29) is 12.0 Å². The predicted molar refractivity (Wildman–Crippen MR) is 75.0 cm³/mol. The third-order valence-corrected chi connectivity index (χ3v) is 3.54. The molecule has 2 rings (SSSR count). The molecular formula is C14H16BrNO2. The second-order valence-corrected chi connectivity index (χ2v) is 5.36. The van der Waals surface area contributed by atoms with E-state index in [9.17, 15) is 9.90 Å². The lowest BCUT2D eigenvalue weighted by Gasteiger charge is -2.28. The fourth-order valence-electron chi connectivity index (χ4n) is 1.97. The lowest BCUT2D eigenvalue weighted by Crippen LogP contribution is -2.39. The largest absolute Gasteiger partial charge is 0.393 e. The van der Waals surface area contributed by atoms with Crippen LogP contribution in [0.25, 0.3) is 6.08 Å². The van der Waals surface area contributed by atoms with Crippen LogP contribution in [0.5, 0.6) is 0 Å². The van der Waals surface area contributed by atoms with Gasteiger partial charge in [-0.2, -0.15) is 0 Å². The summed E-state index contributed by atoms with van der Waals surface area (Å²) in [5.74, 6) is 0.0156. The number of carbonyl (C=O) groups excluding carboxylic acids is 1. The molecule has 96 valence electrons. The van der Waals surface area contributed by atoms with Gasteiger partial charge in [-0.1, -0.05) is 28.1 Å². The smallest absolute Gasteiger partial charge is 0.246 e. The molecule has 1 heterocycles. The third kappa shape index (κ3) is 3.68. The van der Waals surface area contributed by atoms with Gasteiger partial charge in [-0.15, -0.1) is 0 Å². The molecule has 1 N–H and O–H groups in total. The second kappa shape index (κ2) is 6.16. The minimum absolute atomic E-state index is 0.0156. The van der Waals surface area contributed by atoms with Gasteiger partial charge in [-0.05, 0) is 36.6 Å². The van der Waals surface area contributed by atoms with Gasteiger partial charge in [0.1, 0.15) is 0 Å². The van der Waals surface area contributed by atoms with Crippen LogP contribution in [-0.4, -0.2) is 35.1 Å². The Morgan fingerprint density at radius 1 is 1.39 bits per heavy atom. The van der Waals surface area contributed by atoms with Crippen LogP contribution in [0, 0.1) is 0 Å². The highest BCUT2D eigenvalue weighted by Gasteiger charge is 2.19. The number of nitrogens with zero attached hydrogens (tertiary/aromatic N) is 1. The van der Waals surface area contributed by atoms with E-state index in [1.54, 1.807) is 11.0 Å². The Morgan fingerprint density at radius 2 is 2.11 bits per heavy atom. The molecule has 0 saturated carbocycles. The number of benzene rings is 1. The van der Waals surface area contributed by atoms with Gasteiger partial charge in [0.15, 0.2) is 0 Å². The quantitative estimate of drug-likeness (QED) is 0.853. The lowest BCUT2D eigenvalue weighted by atomic mass is 10.1. The summed E-state index contributed by atoms with van der Waals surface area (Å²) in [4.78, 5) is 13.7. The van der Waals surface area contributed by atoms with Gasteiger partial charge in [-0.25, -0.2) is 0 Å². The van der Waals surface area contributed by atoms with Gasteiger partial charge in [0.25, 0.3) is 0 Å². The Morgan fingerprint density at radius 3 is 2.78 bits per heavy atom. The molecule has 3 nitrogen and oxygen atoms in total. The average molecular weight is 310 g/mol. The molecule has 1 aromatic rings. The van der Waals surface area contributed by atoms with Crippen LogP contribution in [0.1, 0.15) is 18.4 Å². The molecule has 1 aliphatic heterocycles. The topological polar surface area (TPSA) is 40.5 Å². The zero-order valence-corrected chi connectivity index (χ0v) is 11.6. The molecule has 1 amide bonds. The highest BCUT2D eigenvalue weighted by Crippen LogP contribution is 2.14. The Labute approximate surface area is 115 Å². The van der Waals surface area contributed by atoms with Gasteiger partial charge in [0.2, 0.25) is 5.91 Å². The summed E-state index contributed by atoms with van der Waals surface area (Å²) in [6, 6.07) is 7.80. The van der Waals surface area contributed by atoms with Crippen LogP contribution in [-0.2, 0) is 4.79 Å². The number of rotatable bonds is 2. The van der Waals surface area contributed by atoms with Crippen LogP contribution < -0.4 is 0 Å². The third-order valence-electron chi connectivity index (χ3n) is 3.04. The first-order valence-electron chi connectivity index (χ1n) is 6.06. The number of aliphatic hydroxyl groups is 1. The van der Waals surface area contributed by atoms with Crippen LogP contribution in [0.4, 0.5) is 0 Å². The molecule has 0 unspecified atom stereocenters. The Hall–Kier alpha value is -1.13. The number of piperidine rings is 1. The molecule has 0 spiro atoms. The first kappa shape index (κ1) is 13.3. The molecule has 18 heavy (non-hydrogen) atoms. The molecular weight excluding hydrogens is 294 g/mol. The van der Waals surface area contributed by atoms with Crippen molar-refractivity contribution in [2.45, 2.75) is 18.9 Å². The molecule has 0 radical (unpaired) electrons. The van der Waals surface area contributed by atoms with Crippen molar-refractivity contribution in [2.24, 2.45) is 0 Å². The molecule has 0 atom stereocenters. The molecule has 0 bridgehead atoms. The van der Waals surface area contributed by atoms with Crippen molar-refractivity contribution in [3.8, 4) is 0 Å². The maximum atomic E-state index is 11.9. The normalized spacial score (nSPS) is 17.3. The van der Waals surface area contributed by atoms with E-state index in [1.807, 2.05) is 30.3 Å². The molecule has 1 aromatic carbocycles. The van der Waals surface area contributed by atoms with E-state index in [0.29, 0.717) is 25.9 Å². The molecule has 1 aliphatic rings. The van der Waals surface area contributed by atoms with Crippen LogP contribution in [0.15, 0.2) is 34.8 Å². The Balaban J connectivity index is 1.94. The van der Waals surface area contributed by atoms with E-state index in [2.05, 4.69) is 15.9 Å². The summed E-state index contributed by atoms with van der Waals surface area (Å²) in [5.41, 5.74) is 0.995. The minimum atomic E-state index is -0.247.